The first-order chi connectivity index (χ1) is 21.5. The highest BCUT2D eigenvalue weighted by molar-refractivity contribution is 6.30. The first-order valence-electron chi connectivity index (χ1n) is 13.7. The summed E-state index contributed by atoms with van der Waals surface area (Å²) in [5.74, 6) is -6.53. The number of carbonyl (C=O) groups is 3. The van der Waals surface area contributed by atoms with Crippen LogP contribution in [-0.2, 0) is 27.3 Å². The Morgan fingerprint density at radius 1 is 0.979 bits per heavy atom. The zero-order chi connectivity index (χ0) is 36.2. The maximum absolute atomic E-state index is 13.6. The monoisotopic (exact) mass is 706 g/mol. The van der Waals surface area contributed by atoms with Crippen LogP contribution in [-0.4, -0.2) is 93.5 Å². The molecule has 0 radical (unpaired) electrons. The van der Waals surface area contributed by atoms with Crippen LogP contribution in [0.3, 0.4) is 0 Å². The number of alkyl halides is 6. The van der Waals surface area contributed by atoms with Gasteiger partial charge in [-0.3, -0.25) is 9.69 Å². The molecule has 0 saturated carbocycles. The van der Waals surface area contributed by atoms with E-state index in [0.717, 1.165) is 37.1 Å². The number of nitrogens with zero attached hydrogens (tertiary/aromatic N) is 1. The van der Waals surface area contributed by atoms with Gasteiger partial charge in [-0.1, -0.05) is 36.7 Å². The van der Waals surface area contributed by atoms with Crippen LogP contribution < -0.4 is 10.1 Å². The summed E-state index contributed by atoms with van der Waals surface area (Å²) in [6.45, 7) is 6.85. The Bertz CT molecular complexity index is 1300. The van der Waals surface area contributed by atoms with Gasteiger partial charge in [0.2, 0.25) is 0 Å². The highest BCUT2D eigenvalue weighted by Gasteiger charge is 2.39. The van der Waals surface area contributed by atoms with Crippen LogP contribution in [0.4, 0.5) is 30.7 Å². The highest BCUT2D eigenvalue weighted by atomic mass is 35.5. The number of benzene rings is 2. The quantitative estimate of drug-likeness (QED) is 0.213. The average molecular weight is 707 g/mol. The topological polar surface area (TPSA) is 157 Å². The lowest BCUT2D eigenvalue weighted by Gasteiger charge is -2.38. The molecule has 3 atom stereocenters. The third kappa shape index (κ3) is 16.6. The average Bonchev–Trinajstić information content (AvgIpc) is 2.93. The molecule has 10 nitrogen and oxygen atoms in total. The molecule has 2 aromatic rings. The third-order valence-corrected chi connectivity index (χ3v) is 6.70. The van der Waals surface area contributed by atoms with Gasteiger partial charge in [0.25, 0.3) is 0 Å². The lowest BCUT2D eigenvalue weighted by molar-refractivity contribution is -0.193. The molecule has 5 N–H and O–H groups in total. The molecule has 0 amide bonds. The summed E-state index contributed by atoms with van der Waals surface area (Å²) in [5.41, 5.74) is 0.402. The summed E-state index contributed by atoms with van der Waals surface area (Å²) in [6, 6.07) is 11.9. The SMILES string of the molecule is C[C@H]1CN(Cc2ccc(Cl)cc2)CC[C@H]1NC[C@](C)(O)COc1cc(F)ccc1CC(=O)O.O=C(O)C(F)(F)F.O=C(O)C(F)(F)F. The van der Waals surface area contributed by atoms with Crippen LogP contribution in [0, 0.1) is 11.7 Å². The molecular weight excluding hydrogens is 673 g/mol. The molecule has 1 aliphatic heterocycles. The molecule has 2 aromatic carbocycles. The van der Waals surface area contributed by atoms with E-state index in [-0.39, 0.29) is 24.8 Å². The van der Waals surface area contributed by atoms with E-state index < -0.39 is 41.7 Å². The van der Waals surface area contributed by atoms with Crippen LogP contribution in [0.5, 0.6) is 5.75 Å². The summed E-state index contributed by atoms with van der Waals surface area (Å²) in [5, 5.41) is 38.3. The maximum Gasteiger partial charge on any atom is 0.490 e. The number of carboxylic acids is 3. The number of likely N-dealkylation sites (tertiary alicyclic amines) is 1. The second-order valence-electron chi connectivity index (χ2n) is 10.8. The van der Waals surface area contributed by atoms with Crippen LogP contribution in [0.25, 0.3) is 0 Å². The number of rotatable bonds is 10. The molecule has 0 spiro atoms. The van der Waals surface area contributed by atoms with Gasteiger partial charge in [-0.2, -0.15) is 26.3 Å². The van der Waals surface area contributed by atoms with Gasteiger partial charge in [-0.15, -0.1) is 0 Å². The third-order valence-electron chi connectivity index (χ3n) is 6.45. The Hall–Kier alpha value is -3.67. The number of halogens is 8. The molecule has 0 aliphatic carbocycles. The van der Waals surface area contributed by atoms with Gasteiger partial charge >= 0.3 is 30.3 Å². The number of nitrogens with one attached hydrogen (secondary N) is 1. The number of aliphatic hydroxyl groups is 1. The molecule has 3 rings (SSSR count). The number of piperidine rings is 1. The van der Waals surface area contributed by atoms with Gasteiger partial charge in [0.05, 0.1) is 6.42 Å². The van der Waals surface area contributed by atoms with Gasteiger partial charge in [0.15, 0.2) is 0 Å². The van der Waals surface area contributed by atoms with E-state index in [1.165, 1.54) is 17.7 Å². The summed E-state index contributed by atoms with van der Waals surface area (Å²) in [7, 11) is 0. The second-order valence-corrected chi connectivity index (χ2v) is 11.3. The minimum Gasteiger partial charge on any atom is -0.490 e. The van der Waals surface area contributed by atoms with E-state index in [1.807, 2.05) is 12.1 Å². The van der Waals surface area contributed by atoms with E-state index >= 15 is 0 Å². The van der Waals surface area contributed by atoms with E-state index in [4.69, 9.17) is 41.2 Å². The Morgan fingerprint density at radius 3 is 1.98 bits per heavy atom. The predicted molar refractivity (Wildman–Crippen MR) is 154 cm³/mol. The molecule has 0 bridgehead atoms. The molecule has 1 saturated heterocycles. The van der Waals surface area contributed by atoms with Gasteiger partial charge < -0.3 is 30.5 Å². The summed E-state index contributed by atoms with van der Waals surface area (Å²) < 4.78 is 82.7. The fraction of sp³-hybridized carbons (Fsp3) is 0.483. The van der Waals surface area contributed by atoms with Crippen molar-refractivity contribution in [2.24, 2.45) is 5.92 Å². The molecule has 0 unspecified atom stereocenters. The molecular formula is C29H34ClF7N2O8. The van der Waals surface area contributed by atoms with Gasteiger partial charge in [0.1, 0.15) is 23.8 Å². The van der Waals surface area contributed by atoms with Crippen molar-refractivity contribution in [2.45, 2.75) is 57.2 Å². The lowest BCUT2D eigenvalue weighted by atomic mass is 9.92. The molecule has 0 aromatic heterocycles. The maximum atomic E-state index is 13.6. The minimum absolute atomic E-state index is 0.0835. The molecule has 264 valence electrons. The predicted octanol–water partition coefficient (Wildman–Crippen LogP) is 5.00. The zero-order valence-corrected chi connectivity index (χ0v) is 25.8. The van der Waals surface area contributed by atoms with Crippen LogP contribution in [0.2, 0.25) is 5.02 Å². The summed E-state index contributed by atoms with van der Waals surface area (Å²) in [4.78, 5) is 31.2. The Labute approximate surface area is 269 Å². The van der Waals surface area contributed by atoms with E-state index in [9.17, 15) is 40.6 Å². The van der Waals surface area contributed by atoms with Crippen molar-refractivity contribution in [1.82, 2.24) is 10.2 Å². The first-order valence-corrected chi connectivity index (χ1v) is 14.0. The normalized spacial score (nSPS) is 18.0. The minimum atomic E-state index is -5.08. The van der Waals surface area contributed by atoms with Crippen LogP contribution in [0.1, 0.15) is 31.4 Å². The summed E-state index contributed by atoms with van der Waals surface area (Å²) >= 11 is 5.97. The van der Waals surface area contributed by atoms with Crippen molar-refractivity contribution in [1.29, 1.82) is 0 Å². The van der Waals surface area contributed by atoms with Gasteiger partial charge in [0, 0.05) is 42.3 Å². The van der Waals surface area contributed by atoms with E-state index in [1.54, 1.807) is 6.92 Å². The Balaban J connectivity index is 0.000000658. The van der Waals surface area contributed by atoms with Crippen LogP contribution in [0.15, 0.2) is 42.5 Å². The molecule has 18 heteroatoms. The van der Waals surface area contributed by atoms with Crippen molar-refractivity contribution in [3.05, 3.63) is 64.4 Å². The molecule has 1 heterocycles. The first kappa shape index (κ1) is 41.4. The van der Waals surface area contributed by atoms with Crippen molar-refractivity contribution < 1.29 is 70.3 Å². The largest absolute Gasteiger partial charge is 0.490 e. The highest BCUT2D eigenvalue weighted by Crippen LogP contribution is 2.23. The molecule has 1 aliphatic rings. The zero-order valence-electron chi connectivity index (χ0n) is 25.0. The lowest BCUT2D eigenvalue weighted by Crippen LogP contribution is -2.52. The van der Waals surface area contributed by atoms with Crippen molar-refractivity contribution in [2.75, 3.05) is 26.2 Å². The van der Waals surface area contributed by atoms with Gasteiger partial charge in [-0.25, -0.2) is 14.0 Å². The number of ether oxygens (including phenoxy) is 1. The summed E-state index contributed by atoms with van der Waals surface area (Å²) in [6.07, 6.45) is -9.49. The standard InChI is InChI=1S/C25H32ClFN2O4.2C2HF3O2/c1-17-13-29(14-18-3-6-20(26)7-4-18)10-9-22(17)28-15-25(2,32)16-33-23-12-21(27)8-5-19(23)11-24(30)31;2*3-2(4,5)1(6)7/h3-8,12,17,22,28,32H,9-11,13-16H2,1-2H3,(H,30,31);2*(H,6,7)/t17-,22+,25-;;/m0../s1. The number of carboxylic acid groups (broad SMARTS) is 3. The smallest absolute Gasteiger partial charge is 0.490 e. The van der Waals surface area contributed by atoms with E-state index in [2.05, 4.69) is 29.3 Å². The van der Waals surface area contributed by atoms with Crippen molar-refractivity contribution in [3.63, 3.8) is 0 Å². The number of hydrogen-bond donors (Lipinski definition) is 5. The fourth-order valence-corrected chi connectivity index (χ4v) is 4.26. The Kier molecular flexibility index (Phi) is 15.9. The van der Waals surface area contributed by atoms with E-state index in [0.29, 0.717) is 18.0 Å². The van der Waals surface area contributed by atoms with Crippen molar-refractivity contribution in [3.8, 4) is 5.75 Å². The Morgan fingerprint density at radius 2 is 1.51 bits per heavy atom. The fourth-order valence-electron chi connectivity index (χ4n) is 4.13. The van der Waals surface area contributed by atoms with Crippen molar-refractivity contribution >= 4 is 29.5 Å². The number of aliphatic carboxylic acids is 3. The second kappa shape index (κ2) is 18.0. The molecule has 1 fully saturated rings. The number of hydrogen-bond acceptors (Lipinski definition) is 7. The van der Waals surface area contributed by atoms with Crippen LogP contribution >= 0.6 is 11.6 Å². The van der Waals surface area contributed by atoms with Gasteiger partial charge in [-0.05, 0) is 49.6 Å². The molecule has 47 heavy (non-hydrogen) atoms.